The largest absolute Gasteiger partial charge is 0.330 e. The minimum Gasteiger partial charge on any atom is -0.330 e. The molecule has 1 amide bonds. The molecular formula is C12H18BrN3O3S. The molecular weight excluding hydrogens is 346 g/mol. The third-order valence-corrected chi connectivity index (χ3v) is 4.38. The van der Waals surface area contributed by atoms with Gasteiger partial charge in [-0.15, -0.1) is 0 Å². The van der Waals surface area contributed by atoms with Crippen LogP contribution in [-0.4, -0.2) is 20.9 Å². The Morgan fingerprint density at radius 3 is 2.60 bits per heavy atom. The Kier molecular flexibility index (Phi) is 6.12. The van der Waals surface area contributed by atoms with Crippen molar-refractivity contribution in [2.75, 3.05) is 11.9 Å². The van der Waals surface area contributed by atoms with Crippen LogP contribution in [0.4, 0.5) is 5.69 Å². The molecule has 1 aromatic rings. The van der Waals surface area contributed by atoms with E-state index in [0.29, 0.717) is 23.1 Å². The second-order valence-electron chi connectivity index (χ2n) is 4.51. The van der Waals surface area contributed by atoms with Crippen molar-refractivity contribution in [3.63, 3.8) is 0 Å². The van der Waals surface area contributed by atoms with E-state index in [1.165, 1.54) is 18.2 Å². The van der Waals surface area contributed by atoms with Crippen LogP contribution in [0.2, 0.25) is 0 Å². The van der Waals surface area contributed by atoms with Crippen LogP contribution in [0.25, 0.3) is 0 Å². The highest BCUT2D eigenvalue weighted by atomic mass is 79.9. The number of anilines is 1. The first kappa shape index (κ1) is 17.1. The van der Waals surface area contributed by atoms with Crippen molar-refractivity contribution in [3.8, 4) is 0 Å². The Bertz CT molecular complexity index is 590. The predicted octanol–water partition coefficient (Wildman–Crippen LogP) is 1.41. The fourth-order valence-electron chi connectivity index (χ4n) is 1.59. The predicted molar refractivity (Wildman–Crippen MR) is 81.6 cm³/mol. The quantitative estimate of drug-likeness (QED) is 0.708. The summed E-state index contributed by atoms with van der Waals surface area (Å²) in [4.78, 5) is 11.9. The summed E-state index contributed by atoms with van der Waals surface area (Å²) >= 11 is 3.22. The number of nitrogens with one attached hydrogen (secondary N) is 1. The van der Waals surface area contributed by atoms with E-state index in [-0.39, 0.29) is 16.7 Å². The molecule has 8 heteroatoms. The Balaban J connectivity index is 2.81. The topological polar surface area (TPSA) is 115 Å². The summed E-state index contributed by atoms with van der Waals surface area (Å²) in [6.07, 6.45) is 1.48. The summed E-state index contributed by atoms with van der Waals surface area (Å²) in [5.74, 6) is -0.300. The molecule has 0 spiro atoms. The van der Waals surface area contributed by atoms with Gasteiger partial charge in [0.1, 0.15) is 0 Å². The van der Waals surface area contributed by atoms with Gasteiger partial charge in [0.25, 0.3) is 0 Å². The highest BCUT2D eigenvalue weighted by molar-refractivity contribution is 9.10. The lowest BCUT2D eigenvalue weighted by Crippen LogP contribution is -2.21. The first-order chi connectivity index (χ1) is 9.25. The van der Waals surface area contributed by atoms with Gasteiger partial charge in [0, 0.05) is 10.4 Å². The Labute approximate surface area is 127 Å². The molecule has 112 valence electrons. The van der Waals surface area contributed by atoms with Crippen LogP contribution in [0.1, 0.15) is 19.8 Å². The zero-order valence-corrected chi connectivity index (χ0v) is 13.5. The zero-order valence-electron chi connectivity index (χ0n) is 11.1. The van der Waals surface area contributed by atoms with Crippen molar-refractivity contribution in [2.24, 2.45) is 16.8 Å². The Morgan fingerprint density at radius 2 is 2.10 bits per heavy atom. The minimum absolute atomic E-state index is 0.0152. The molecule has 1 aromatic carbocycles. The average Bonchev–Trinajstić information content (AvgIpc) is 2.36. The SMILES string of the molecule is CC(CCCN)C(=O)Nc1ccc(S(N)(=O)=O)cc1Br. The van der Waals surface area contributed by atoms with E-state index in [1.54, 1.807) is 0 Å². The summed E-state index contributed by atoms with van der Waals surface area (Å²) < 4.78 is 22.9. The van der Waals surface area contributed by atoms with Crippen LogP contribution in [-0.2, 0) is 14.8 Å². The van der Waals surface area contributed by atoms with Crippen LogP contribution < -0.4 is 16.2 Å². The van der Waals surface area contributed by atoms with Crippen LogP contribution in [0.3, 0.4) is 0 Å². The van der Waals surface area contributed by atoms with E-state index < -0.39 is 10.0 Å². The average molecular weight is 364 g/mol. The van der Waals surface area contributed by atoms with Gasteiger partial charge in [-0.2, -0.15) is 0 Å². The fraction of sp³-hybridized carbons (Fsp3) is 0.417. The monoisotopic (exact) mass is 363 g/mol. The third kappa shape index (κ3) is 4.86. The molecule has 1 rings (SSSR count). The van der Waals surface area contributed by atoms with E-state index in [4.69, 9.17) is 10.9 Å². The number of carbonyl (C=O) groups is 1. The van der Waals surface area contributed by atoms with Gasteiger partial charge in [0.05, 0.1) is 10.6 Å². The molecule has 0 aliphatic heterocycles. The van der Waals surface area contributed by atoms with Gasteiger partial charge < -0.3 is 11.1 Å². The lowest BCUT2D eigenvalue weighted by molar-refractivity contribution is -0.119. The number of halogens is 1. The van der Waals surface area contributed by atoms with E-state index in [0.717, 1.165) is 6.42 Å². The molecule has 1 atom stereocenters. The maximum absolute atomic E-state index is 11.9. The number of nitrogens with two attached hydrogens (primary N) is 2. The molecule has 0 saturated carbocycles. The van der Waals surface area contributed by atoms with Gasteiger partial charge in [-0.3, -0.25) is 4.79 Å². The molecule has 0 fully saturated rings. The smallest absolute Gasteiger partial charge is 0.238 e. The van der Waals surface area contributed by atoms with Crippen molar-refractivity contribution in [1.29, 1.82) is 0 Å². The first-order valence-corrected chi connectivity index (χ1v) is 8.43. The number of benzene rings is 1. The molecule has 0 radical (unpaired) electrons. The second kappa shape index (κ2) is 7.16. The molecule has 0 bridgehead atoms. The van der Waals surface area contributed by atoms with Crippen LogP contribution in [0.15, 0.2) is 27.6 Å². The van der Waals surface area contributed by atoms with Crippen LogP contribution in [0, 0.1) is 5.92 Å². The normalized spacial score (nSPS) is 13.0. The van der Waals surface area contributed by atoms with Gasteiger partial charge in [0.2, 0.25) is 15.9 Å². The standard InChI is InChI=1S/C12H18BrN3O3S/c1-8(3-2-6-14)12(17)16-11-5-4-9(7-10(11)13)20(15,18)19/h4-5,7-8H,2-3,6,14H2,1H3,(H,16,17)(H2,15,18,19). The number of carbonyl (C=O) groups excluding carboxylic acids is 1. The van der Waals surface area contributed by atoms with E-state index in [9.17, 15) is 13.2 Å². The number of amides is 1. The minimum atomic E-state index is -3.76. The van der Waals surface area contributed by atoms with Crippen molar-refractivity contribution in [3.05, 3.63) is 22.7 Å². The molecule has 0 aliphatic rings. The van der Waals surface area contributed by atoms with Crippen molar-refractivity contribution in [1.82, 2.24) is 0 Å². The third-order valence-electron chi connectivity index (χ3n) is 2.82. The van der Waals surface area contributed by atoms with Crippen molar-refractivity contribution in [2.45, 2.75) is 24.7 Å². The maximum Gasteiger partial charge on any atom is 0.238 e. The molecule has 0 aliphatic carbocycles. The van der Waals surface area contributed by atoms with Gasteiger partial charge in [-0.25, -0.2) is 13.6 Å². The fourth-order valence-corrected chi connectivity index (χ4v) is 2.75. The highest BCUT2D eigenvalue weighted by Crippen LogP contribution is 2.26. The van der Waals surface area contributed by atoms with Gasteiger partial charge in [-0.05, 0) is 53.5 Å². The first-order valence-electron chi connectivity index (χ1n) is 6.09. The van der Waals surface area contributed by atoms with E-state index in [1.807, 2.05) is 6.92 Å². The van der Waals surface area contributed by atoms with E-state index >= 15 is 0 Å². The second-order valence-corrected chi connectivity index (χ2v) is 6.92. The molecule has 0 saturated heterocycles. The molecule has 1 unspecified atom stereocenters. The van der Waals surface area contributed by atoms with Crippen molar-refractivity contribution < 1.29 is 13.2 Å². The molecule has 5 N–H and O–H groups in total. The zero-order chi connectivity index (χ0) is 15.3. The summed E-state index contributed by atoms with van der Waals surface area (Å²) in [6, 6.07) is 4.20. The summed E-state index contributed by atoms with van der Waals surface area (Å²) in [6.45, 7) is 2.36. The van der Waals surface area contributed by atoms with E-state index in [2.05, 4.69) is 21.2 Å². The number of hydrogen-bond donors (Lipinski definition) is 3. The molecule has 0 aromatic heterocycles. The summed E-state index contributed by atoms with van der Waals surface area (Å²) in [5, 5.41) is 7.77. The van der Waals surface area contributed by atoms with Gasteiger partial charge in [0.15, 0.2) is 0 Å². The molecule has 0 heterocycles. The maximum atomic E-state index is 11.9. The Hall–Kier alpha value is -0.960. The number of rotatable bonds is 6. The van der Waals surface area contributed by atoms with Gasteiger partial charge >= 0.3 is 0 Å². The number of sulfonamides is 1. The lowest BCUT2D eigenvalue weighted by atomic mass is 10.0. The lowest BCUT2D eigenvalue weighted by Gasteiger charge is -2.13. The number of primary sulfonamides is 1. The summed E-state index contributed by atoms with van der Waals surface area (Å²) in [7, 11) is -3.76. The molecule has 20 heavy (non-hydrogen) atoms. The van der Waals surface area contributed by atoms with Crippen molar-refractivity contribution >= 4 is 37.5 Å². The van der Waals surface area contributed by atoms with Gasteiger partial charge in [-0.1, -0.05) is 6.92 Å². The van der Waals surface area contributed by atoms with Crippen LogP contribution >= 0.6 is 15.9 Å². The Morgan fingerprint density at radius 1 is 1.45 bits per heavy atom. The number of hydrogen-bond acceptors (Lipinski definition) is 4. The van der Waals surface area contributed by atoms with Crippen LogP contribution in [0.5, 0.6) is 0 Å². The summed E-state index contributed by atoms with van der Waals surface area (Å²) in [5.41, 5.74) is 5.90. The highest BCUT2D eigenvalue weighted by Gasteiger charge is 2.15. The molecule has 6 nitrogen and oxygen atoms in total.